The summed E-state index contributed by atoms with van der Waals surface area (Å²) in [6, 6.07) is 64.7. The van der Waals surface area contributed by atoms with Crippen molar-refractivity contribution in [3.63, 3.8) is 0 Å². The van der Waals surface area contributed by atoms with Gasteiger partial charge in [0.2, 0.25) is 0 Å². The summed E-state index contributed by atoms with van der Waals surface area (Å²) in [4.78, 5) is 10.2. The van der Waals surface area contributed by atoms with Crippen molar-refractivity contribution in [1.29, 1.82) is 0 Å². The van der Waals surface area contributed by atoms with Crippen LogP contribution in [0, 0.1) is 0 Å². The van der Waals surface area contributed by atoms with E-state index in [1.807, 2.05) is 18.2 Å². The van der Waals surface area contributed by atoms with E-state index in [4.69, 9.17) is 9.97 Å². The summed E-state index contributed by atoms with van der Waals surface area (Å²) in [6.07, 6.45) is 0. The van der Waals surface area contributed by atoms with Gasteiger partial charge >= 0.3 is 0 Å². The molecule has 9 rings (SSSR count). The molecule has 0 N–H and O–H groups in total. The Bertz CT molecular complexity index is 2600. The van der Waals surface area contributed by atoms with Crippen molar-refractivity contribution in [3.05, 3.63) is 182 Å². The molecule has 1 aromatic heterocycles. The number of hydrogen-bond donors (Lipinski definition) is 0. The van der Waals surface area contributed by atoms with Crippen molar-refractivity contribution >= 4 is 32.4 Å². The van der Waals surface area contributed by atoms with Gasteiger partial charge < -0.3 is 0 Å². The van der Waals surface area contributed by atoms with Gasteiger partial charge in [-0.25, -0.2) is 9.97 Å². The van der Waals surface area contributed by atoms with Gasteiger partial charge in [0.05, 0.1) is 11.2 Å². The largest absolute Gasteiger partial charge is 0.227 e. The highest BCUT2D eigenvalue weighted by molar-refractivity contribution is 6.09. The standard InChI is InChI=1S/C46H30N2/c1-2-12-35(13-3-1)46-47-44(43-27-26-33-11-6-7-19-42(33)45(43)48-46)34-23-20-32(21-24-34)37-15-8-16-38(28-37)39-17-9-18-40(30-39)41-25-22-31-10-4-5-14-36(31)29-41/h1-30H. The Morgan fingerprint density at radius 1 is 0.271 bits per heavy atom. The molecular formula is C46H30N2. The van der Waals surface area contributed by atoms with Crippen LogP contribution in [0.3, 0.4) is 0 Å². The highest BCUT2D eigenvalue weighted by atomic mass is 14.9. The van der Waals surface area contributed by atoms with E-state index >= 15 is 0 Å². The third-order valence-electron chi connectivity index (χ3n) is 9.26. The number of nitrogens with zero attached hydrogens (tertiary/aromatic N) is 2. The molecule has 48 heavy (non-hydrogen) atoms. The molecule has 9 aromatic rings. The van der Waals surface area contributed by atoms with E-state index in [-0.39, 0.29) is 0 Å². The van der Waals surface area contributed by atoms with Gasteiger partial charge in [0.25, 0.3) is 0 Å². The Labute approximate surface area is 279 Å². The Morgan fingerprint density at radius 3 is 1.52 bits per heavy atom. The van der Waals surface area contributed by atoms with Crippen molar-refractivity contribution in [2.75, 3.05) is 0 Å². The lowest BCUT2D eigenvalue weighted by Crippen LogP contribution is -1.96. The maximum Gasteiger partial charge on any atom is 0.160 e. The Balaban J connectivity index is 1.08. The van der Waals surface area contributed by atoms with Crippen LogP contribution in [0.5, 0.6) is 0 Å². The van der Waals surface area contributed by atoms with Gasteiger partial charge in [-0.1, -0.05) is 158 Å². The second kappa shape index (κ2) is 11.8. The summed E-state index contributed by atoms with van der Waals surface area (Å²) < 4.78 is 0. The van der Waals surface area contributed by atoms with Crippen LogP contribution in [0.4, 0.5) is 0 Å². The van der Waals surface area contributed by atoms with Crippen LogP contribution >= 0.6 is 0 Å². The zero-order chi connectivity index (χ0) is 31.9. The van der Waals surface area contributed by atoms with E-state index in [1.165, 1.54) is 49.5 Å². The summed E-state index contributed by atoms with van der Waals surface area (Å²) in [5.74, 6) is 0.733. The van der Waals surface area contributed by atoms with Gasteiger partial charge in [-0.15, -0.1) is 0 Å². The smallest absolute Gasteiger partial charge is 0.160 e. The molecule has 0 atom stereocenters. The Kier molecular flexibility index (Phi) is 6.84. The molecule has 0 unspecified atom stereocenters. The molecule has 0 bridgehead atoms. The first-order valence-corrected chi connectivity index (χ1v) is 16.3. The molecule has 0 amide bonds. The van der Waals surface area contributed by atoms with Gasteiger partial charge in [0.15, 0.2) is 5.82 Å². The van der Waals surface area contributed by atoms with Crippen molar-refractivity contribution in [2.24, 2.45) is 0 Å². The molecule has 2 heteroatoms. The van der Waals surface area contributed by atoms with Crippen LogP contribution in [0.1, 0.15) is 0 Å². The quantitative estimate of drug-likeness (QED) is 0.181. The molecule has 0 aliphatic carbocycles. The third kappa shape index (κ3) is 5.10. The number of hydrogen-bond acceptors (Lipinski definition) is 2. The third-order valence-corrected chi connectivity index (χ3v) is 9.26. The molecular weight excluding hydrogens is 581 g/mol. The highest BCUT2D eigenvalue weighted by Gasteiger charge is 2.14. The van der Waals surface area contributed by atoms with Gasteiger partial charge in [-0.3, -0.25) is 0 Å². The van der Waals surface area contributed by atoms with Crippen molar-refractivity contribution in [2.45, 2.75) is 0 Å². The molecule has 0 aliphatic rings. The minimum absolute atomic E-state index is 0.733. The minimum atomic E-state index is 0.733. The normalized spacial score (nSPS) is 11.3. The molecule has 2 nitrogen and oxygen atoms in total. The van der Waals surface area contributed by atoms with Gasteiger partial charge in [0.1, 0.15) is 0 Å². The second-order valence-corrected chi connectivity index (χ2v) is 12.2. The fraction of sp³-hybridized carbons (Fsp3) is 0. The summed E-state index contributed by atoms with van der Waals surface area (Å²) in [7, 11) is 0. The molecule has 0 saturated carbocycles. The minimum Gasteiger partial charge on any atom is -0.227 e. The van der Waals surface area contributed by atoms with E-state index in [2.05, 4.69) is 164 Å². The molecule has 224 valence electrons. The lowest BCUT2D eigenvalue weighted by molar-refractivity contribution is 1.23. The van der Waals surface area contributed by atoms with Crippen LogP contribution in [-0.4, -0.2) is 9.97 Å². The van der Waals surface area contributed by atoms with Gasteiger partial charge in [-0.2, -0.15) is 0 Å². The first kappa shape index (κ1) is 27.9. The van der Waals surface area contributed by atoms with Crippen molar-refractivity contribution < 1.29 is 0 Å². The fourth-order valence-electron chi connectivity index (χ4n) is 6.75. The predicted octanol–water partition coefficient (Wildman–Crippen LogP) is 12.3. The molecule has 0 radical (unpaired) electrons. The van der Waals surface area contributed by atoms with Crippen molar-refractivity contribution in [3.8, 4) is 56.0 Å². The average molecular weight is 611 g/mol. The topological polar surface area (TPSA) is 25.8 Å². The molecule has 1 heterocycles. The number of fused-ring (bicyclic) bond motifs is 4. The van der Waals surface area contributed by atoms with Crippen LogP contribution in [0.25, 0.3) is 88.5 Å². The first-order valence-electron chi connectivity index (χ1n) is 16.3. The predicted molar refractivity (Wildman–Crippen MR) is 202 cm³/mol. The van der Waals surface area contributed by atoms with E-state index < -0.39 is 0 Å². The van der Waals surface area contributed by atoms with E-state index in [0.717, 1.165) is 38.9 Å². The Hall–Kier alpha value is -6.38. The lowest BCUT2D eigenvalue weighted by Gasteiger charge is -2.12. The van der Waals surface area contributed by atoms with Crippen LogP contribution in [0.15, 0.2) is 182 Å². The van der Waals surface area contributed by atoms with Gasteiger partial charge in [-0.05, 0) is 73.8 Å². The van der Waals surface area contributed by atoms with Gasteiger partial charge in [0, 0.05) is 21.9 Å². The van der Waals surface area contributed by atoms with E-state index in [1.54, 1.807) is 0 Å². The van der Waals surface area contributed by atoms with E-state index in [0.29, 0.717) is 0 Å². The number of benzene rings is 8. The monoisotopic (exact) mass is 610 g/mol. The maximum atomic E-state index is 5.14. The zero-order valence-electron chi connectivity index (χ0n) is 26.2. The Morgan fingerprint density at radius 2 is 0.792 bits per heavy atom. The SMILES string of the molecule is c1ccc(-c2nc(-c3ccc(-c4cccc(-c5cccc(-c6ccc7ccccc7c6)c5)c4)cc3)c3ccc4ccccc4c3n2)cc1. The molecule has 0 saturated heterocycles. The average Bonchev–Trinajstić information content (AvgIpc) is 3.17. The molecule has 0 fully saturated rings. The molecule has 8 aromatic carbocycles. The fourth-order valence-corrected chi connectivity index (χ4v) is 6.75. The van der Waals surface area contributed by atoms with Crippen LogP contribution in [-0.2, 0) is 0 Å². The zero-order valence-corrected chi connectivity index (χ0v) is 26.2. The molecule has 0 spiro atoms. The number of rotatable bonds is 5. The van der Waals surface area contributed by atoms with Crippen LogP contribution < -0.4 is 0 Å². The number of aromatic nitrogens is 2. The summed E-state index contributed by atoms with van der Waals surface area (Å²) in [5.41, 5.74) is 11.2. The second-order valence-electron chi connectivity index (χ2n) is 12.2. The lowest BCUT2D eigenvalue weighted by atomic mass is 9.95. The summed E-state index contributed by atoms with van der Waals surface area (Å²) in [6.45, 7) is 0. The summed E-state index contributed by atoms with van der Waals surface area (Å²) in [5, 5.41) is 5.87. The molecule has 0 aliphatic heterocycles. The summed E-state index contributed by atoms with van der Waals surface area (Å²) >= 11 is 0. The van der Waals surface area contributed by atoms with Crippen LogP contribution in [0.2, 0.25) is 0 Å². The van der Waals surface area contributed by atoms with Crippen molar-refractivity contribution in [1.82, 2.24) is 9.97 Å². The first-order chi connectivity index (χ1) is 23.8. The van der Waals surface area contributed by atoms with E-state index in [9.17, 15) is 0 Å². The highest BCUT2D eigenvalue weighted by Crippen LogP contribution is 2.35. The maximum absolute atomic E-state index is 5.14.